The maximum atomic E-state index is 13.6. The highest BCUT2D eigenvalue weighted by Gasteiger charge is 2.29. The minimum absolute atomic E-state index is 0.00905. The second kappa shape index (κ2) is 24.1. The van der Waals surface area contributed by atoms with E-state index in [1.165, 1.54) is 19.3 Å². The third kappa shape index (κ3) is 16.5. The standard InChI is InChI=1S/C38H64N10O5/c39-20-7-4-15-29-34(50)43-22-9-6-17-31(48-38(41)42)37(53)47-32(19-18-26-11-2-1-3-12-26)35(51)44-25-28-14-10-13-27(23-28)24-33(49)45-30(36(52)46-29)16-5-8-21-40/h10,13-14,23,26,29-32H,1-9,11-12,15-22,24-25,39-40H2,(H,43,50)(H,44,51)(H,45,49)(H,46,52)(H,47,53)(H4,41,42,48)/t29?,30-,31?,32?/m0/s1. The number of rotatable bonds is 12. The van der Waals surface area contributed by atoms with Crippen LogP contribution in [0, 0.1) is 5.92 Å². The Morgan fingerprint density at radius 3 is 1.92 bits per heavy atom. The van der Waals surface area contributed by atoms with Crippen LogP contribution in [0.2, 0.25) is 0 Å². The number of guanidine groups is 1. The van der Waals surface area contributed by atoms with Crippen molar-refractivity contribution in [2.24, 2.45) is 33.8 Å². The third-order valence-corrected chi connectivity index (χ3v) is 10.0. The largest absolute Gasteiger partial charge is 0.370 e. The molecule has 15 nitrogen and oxygen atoms in total. The lowest BCUT2D eigenvalue weighted by molar-refractivity contribution is -0.132. The number of aliphatic imine (C=N–C) groups is 1. The number of hydrogen-bond donors (Lipinski definition) is 9. The molecule has 1 aromatic carbocycles. The molecular weight excluding hydrogens is 676 g/mol. The fourth-order valence-electron chi connectivity index (χ4n) is 7.03. The molecule has 0 saturated heterocycles. The minimum Gasteiger partial charge on any atom is -0.370 e. The number of hydrogen-bond acceptors (Lipinski definition) is 8. The molecule has 53 heavy (non-hydrogen) atoms. The number of fused-ring (bicyclic) bond motifs is 2. The first-order valence-corrected chi connectivity index (χ1v) is 19.6. The van der Waals surface area contributed by atoms with E-state index in [2.05, 4.69) is 31.6 Å². The molecule has 3 rings (SSSR count). The molecule has 4 atom stereocenters. The number of carbonyl (C=O) groups excluding carboxylic acids is 5. The summed E-state index contributed by atoms with van der Waals surface area (Å²) in [6.07, 6.45) is 11.8. The van der Waals surface area contributed by atoms with E-state index in [0.29, 0.717) is 95.3 Å². The summed E-state index contributed by atoms with van der Waals surface area (Å²) in [5.41, 5.74) is 24.3. The highest BCUT2D eigenvalue weighted by molar-refractivity contribution is 5.93. The van der Waals surface area contributed by atoms with Crippen LogP contribution in [0.25, 0.3) is 0 Å². The molecule has 1 fully saturated rings. The average molecular weight is 741 g/mol. The number of unbranched alkanes of at least 4 members (excludes halogenated alkanes) is 2. The molecule has 0 radical (unpaired) electrons. The van der Waals surface area contributed by atoms with E-state index in [4.69, 9.17) is 22.9 Å². The summed E-state index contributed by atoms with van der Waals surface area (Å²) in [5, 5.41) is 14.6. The Kier molecular flexibility index (Phi) is 19.7. The van der Waals surface area contributed by atoms with Gasteiger partial charge < -0.3 is 49.5 Å². The van der Waals surface area contributed by atoms with Crippen LogP contribution in [-0.4, -0.2) is 79.3 Å². The summed E-state index contributed by atoms with van der Waals surface area (Å²) >= 11 is 0. The summed E-state index contributed by atoms with van der Waals surface area (Å²) < 4.78 is 0. The fourth-order valence-corrected chi connectivity index (χ4v) is 7.03. The average Bonchev–Trinajstić information content (AvgIpc) is 3.14. The van der Waals surface area contributed by atoms with E-state index >= 15 is 0 Å². The SMILES string of the molecule is NCCCCC1NC(=O)[C@H](CCCCN)NC(=O)Cc2cccc(c2)CNC(=O)C(CCC2CCCCC2)NC(=O)C(N=C(N)N)CCCCNC1=O. The van der Waals surface area contributed by atoms with Crippen molar-refractivity contribution in [2.75, 3.05) is 19.6 Å². The van der Waals surface area contributed by atoms with Gasteiger partial charge in [0, 0.05) is 13.1 Å². The molecule has 0 spiro atoms. The first kappa shape index (κ1) is 43.2. The Balaban J connectivity index is 1.86. The number of benzene rings is 1. The van der Waals surface area contributed by atoms with E-state index in [0.717, 1.165) is 24.8 Å². The highest BCUT2D eigenvalue weighted by atomic mass is 16.2. The van der Waals surface area contributed by atoms with Crippen LogP contribution in [0.5, 0.6) is 0 Å². The van der Waals surface area contributed by atoms with Crippen LogP contribution in [0.15, 0.2) is 29.3 Å². The predicted molar refractivity (Wildman–Crippen MR) is 206 cm³/mol. The Labute approximate surface area is 314 Å². The molecule has 2 bridgehead atoms. The molecule has 0 aromatic heterocycles. The van der Waals surface area contributed by atoms with Crippen LogP contribution in [0.3, 0.4) is 0 Å². The van der Waals surface area contributed by atoms with E-state index in [-0.39, 0.29) is 36.6 Å². The van der Waals surface area contributed by atoms with Crippen molar-refractivity contribution in [1.82, 2.24) is 26.6 Å². The van der Waals surface area contributed by atoms with Gasteiger partial charge >= 0.3 is 0 Å². The van der Waals surface area contributed by atoms with Crippen LogP contribution in [0.1, 0.15) is 114 Å². The number of amides is 5. The van der Waals surface area contributed by atoms with Gasteiger partial charge in [-0.05, 0) is 101 Å². The molecule has 1 aliphatic heterocycles. The van der Waals surface area contributed by atoms with Crippen molar-refractivity contribution in [2.45, 2.75) is 140 Å². The minimum atomic E-state index is -0.913. The highest BCUT2D eigenvalue weighted by Crippen LogP contribution is 2.28. The monoisotopic (exact) mass is 741 g/mol. The molecule has 3 unspecified atom stereocenters. The summed E-state index contributed by atoms with van der Waals surface area (Å²) in [6.45, 7) is 1.39. The maximum absolute atomic E-state index is 13.6. The predicted octanol–water partition coefficient (Wildman–Crippen LogP) is 0.860. The van der Waals surface area contributed by atoms with Gasteiger partial charge in [0.25, 0.3) is 0 Å². The molecule has 13 N–H and O–H groups in total. The van der Waals surface area contributed by atoms with Crippen LogP contribution in [0.4, 0.5) is 0 Å². The molecule has 2 aliphatic rings. The van der Waals surface area contributed by atoms with Crippen molar-refractivity contribution in [3.63, 3.8) is 0 Å². The second-order valence-electron chi connectivity index (χ2n) is 14.5. The van der Waals surface area contributed by atoms with Gasteiger partial charge in [0.15, 0.2) is 5.96 Å². The zero-order valence-corrected chi connectivity index (χ0v) is 31.3. The normalized spacial score (nSPS) is 23.5. The van der Waals surface area contributed by atoms with Crippen LogP contribution in [-0.2, 0) is 36.9 Å². The molecular formula is C38H64N10O5. The molecule has 15 heteroatoms. The zero-order chi connectivity index (χ0) is 38.4. The molecule has 296 valence electrons. The first-order valence-electron chi connectivity index (χ1n) is 19.6. The molecule has 1 saturated carbocycles. The first-order chi connectivity index (χ1) is 25.6. The van der Waals surface area contributed by atoms with Crippen molar-refractivity contribution in [1.29, 1.82) is 0 Å². The van der Waals surface area contributed by atoms with Crippen molar-refractivity contribution in [3.8, 4) is 0 Å². The zero-order valence-electron chi connectivity index (χ0n) is 31.3. The van der Waals surface area contributed by atoms with Gasteiger partial charge in [-0.1, -0.05) is 56.4 Å². The van der Waals surface area contributed by atoms with Gasteiger partial charge in [0.1, 0.15) is 24.2 Å². The Morgan fingerprint density at radius 2 is 1.25 bits per heavy atom. The molecule has 1 heterocycles. The number of nitrogens with one attached hydrogen (secondary N) is 5. The Hall–Kier alpha value is -4.24. The molecule has 1 aromatic rings. The lowest BCUT2D eigenvalue weighted by atomic mass is 9.85. The van der Waals surface area contributed by atoms with Crippen molar-refractivity contribution in [3.05, 3.63) is 35.4 Å². The van der Waals surface area contributed by atoms with E-state index in [1.54, 1.807) is 0 Å². The van der Waals surface area contributed by atoms with Gasteiger partial charge in [-0.25, -0.2) is 4.99 Å². The molecule has 5 amide bonds. The quantitative estimate of drug-likeness (QED) is 0.0835. The summed E-state index contributed by atoms with van der Waals surface area (Å²) in [4.78, 5) is 71.6. The maximum Gasteiger partial charge on any atom is 0.245 e. The third-order valence-electron chi connectivity index (χ3n) is 10.0. The van der Waals surface area contributed by atoms with E-state index in [1.807, 2.05) is 24.3 Å². The van der Waals surface area contributed by atoms with Gasteiger partial charge in [-0.15, -0.1) is 0 Å². The van der Waals surface area contributed by atoms with E-state index < -0.39 is 36.0 Å². The van der Waals surface area contributed by atoms with Gasteiger partial charge in [-0.2, -0.15) is 0 Å². The summed E-state index contributed by atoms with van der Waals surface area (Å²) in [5.74, 6) is -1.61. The number of nitrogens with zero attached hydrogens (tertiary/aromatic N) is 1. The van der Waals surface area contributed by atoms with Crippen LogP contribution >= 0.6 is 0 Å². The Morgan fingerprint density at radius 1 is 0.642 bits per heavy atom. The number of nitrogens with two attached hydrogens (primary N) is 4. The second-order valence-corrected chi connectivity index (χ2v) is 14.5. The topological polar surface area (TPSA) is 262 Å². The smallest absolute Gasteiger partial charge is 0.245 e. The Bertz CT molecular complexity index is 1350. The molecule has 1 aliphatic carbocycles. The number of carbonyl (C=O) groups is 5. The lowest BCUT2D eigenvalue weighted by Crippen LogP contribution is -2.54. The van der Waals surface area contributed by atoms with Crippen LogP contribution < -0.4 is 49.5 Å². The summed E-state index contributed by atoms with van der Waals surface area (Å²) in [6, 6.07) is 3.93. The van der Waals surface area contributed by atoms with E-state index in [9.17, 15) is 24.0 Å². The fraction of sp³-hybridized carbons (Fsp3) is 0.684. The lowest BCUT2D eigenvalue weighted by Gasteiger charge is -2.25. The van der Waals surface area contributed by atoms with Crippen molar-refractivity contribution < 1.29 is 24.0 Å². The van der Waals surface area contributed by atoms with Crippen molar-refractivity contribution >= 4 is 35.5 Å². The summed E-state index contributed by atoms with van der Waals surface area (Å²) in [7, 11) is 0. The van der Waals surface area contributed by atoms with Gasteiger partial charge in [0.2, 0.25) is 29.5 Å². The van der Waals surface area contributed by atoms with Gasteiger partial charge in [0.05, 0.1) is 6.42 Å². The van der Waals surface area contributed by atoms with Gasteiger partial charge in [-0.3, -0.25) is 24.0 Å².